The minimum atomic E-state index is -0.773. The third-order valence-electron chi connectivity index (χ3n) is 13.0. The Morgan fingerprint density at radius 1 is 0.308 bits per heavy atom. The minimum absolute atomic E-state index is 0.0715. The van der Waals surface area contributed by atoms with Crippen molar-refractivity contribution in [3.8, 4) is 0 Å². The van der Waals surface area contributed by atoms with Crippen molar-refractivity contribution in [3.05, 3.63) is 24.3 Å². The molecular weight excluding hydrogens is 805 g/mol. The largest absolute Gasteiger partial charge is 0.462 e. The van der Waals surface area contributed by atoms with Crippen LogP contribution in [0.5, 0.6) is 0 Å². The van der Waals surface area contributed by atoms with Gasteiger partial charge in [-0.2, -0.15) is 0 Å². The molecule has 382 valence electrons. The number of carbonyl (C=O) groups is 3. The Hall–Kier alpha value is -2.11. The van der Waals surface area contributed by atoms with E-state index in [1.54, 1.807) is 0 Å². The second kappa shape index (κ2) is 54.5. The van der Waals surface area contributed by atoms with Crippen molar-refractivity contribution in [3.63, 3.8) is 0 Å². The van der Waals surface area contributed by atoms with Crippen molar-refractivity contribution in [1.29, 1.82) is 0 Å². The zero-order valence-corrected chi connectivity index (χ0v) is 43.8. The molecule has 0 aromatic heterocycles. The van der Waals surface area contributed by atoms with E-state index in [2.05, 4.69) is 45.1 Å². The van der Waals surface area contributed by atoms with Gasteiger partial charge in [-0.1, -0.05) is 270 Å². The molecule has 0 N–H and O–H groups in total. The highest BCUT2D eigenvalue weighted by Gasteiger charge is 2.19. The summed E-state index contributed by atoms with van der Waals surface area (Å²) in [4.78, 5) is 38.1. The van der Waals surface area contributed by atoms with E-state index in [4.69, 9.17) is 14.2 Å². The van der Waals surface area contributed by atoms with Crippen LogP contribution >= 0.6 is 0 Å². The van der Waals surface area contributed by atoms with Gasteiger partial charge in [0.2, 0.25) is 0 Å². The smallest absolute Gasteiger partial charge is 0.306 e. The maximum atomic E-state index is 12.8. The van der Waals surface area contributed by atoms with Crippen LogP contribution in [0.2, 0.25) is 0 Å². The highest BCUT2D eigenvalue weighted by atomic mass is 16.6. The van der Waals surface area contributed by atoms with Gasteiger partial charge in [0.15, 0.2) is 6.10 Å². The lowest BCUT2D eigenvalue weighted by atomic mass is 10.0. The van der Waals surface area contributed by atoms with E-state index in [0.717, 1.165) is 77.0 Å². The van der Waals surface area contributed by atoms with Gasteiger partial charge in [0, 0.05) is 19.3 Å². The molecule has 1 atom stereocenters. The van der Waals surface area contributed by atoms with Gasteiger partial charge in [0.05, 0.1) is 0 Å². The number of hydrogen-bond acceptors (Lipinski definition) is 6. The SMILES string of the molecule is CCCCC/C=C/C/C=C/CCCCCCCC(=O)O[C@H](COC(=O)CCCCCCCCCCCCCCCCC)COC(=O)CCCCCCCCCCCCCCCCCCC. The van der Waals surface area contributed by atoms with Crippen LogP contribution in [0, 0.1) is 0 Å². The fourth-order valence-electron chi connectivity index (χ4n) is 8.59. The van der Waals surface area contributed by atoms with Gasteiger partial charge >= 0.3 is 17.9 Å². The standard InChI is InChI=1S/C59H110O6/c1-4-7-10-13-16-19-22-25-28-29-32-34-37-40-43-46-49-52-58(61)64-55-56(65-59(62)53-50-47-44-41-38-35-31-27-24-21-18-15-12-9-6-3)54-63-57(60)51-48-45-42-39-36-33-30-26-23-20-17-14-11-8-5-2/h18,21,27,31,56H,4-17,19-20,22-26,28-30,32-55H2,1-3H3/b21-18+,31-27+/t56-/m1/s1. The average Bonchev–Trinajstić information content (AvgIpc) is 3.30. The summed E-state index contributed by atoms with van der Waals surface area (Å²) in [7, 11) is 0. The van der Waals surface area contributed by atoms with Gasteiger partial charge in [-0.3, -0.25) is 14.4 Å². The number of ether oxygens (including phenoxy) is 3. The molecule has 0 aliphatic carbocycles. The van der Waals surface area contributed by atoms with Crippen LogP contribution in [0.3, 0.4) is 0 Å². The van der Waals surface area contributed by atoms with E-state index < -0.39 is 6.10 Å². The summed E-state index contributed by atoms with van der Waals surface area (Å²) < 4.78 is 16.9. The van der Waals surface area contributed by atoms with Crippen molar-refractivity contribution in [2.45, 2.75) is 322 Å². The van der Waals surface area contributed by atoms with Gasteiger partial charge in [-0.25, -0.2) is 0 Å². The second-order valence-electron chi connectivity index (χ2n) is 19.6. The third kappa shape index (κ3) is 52.7. The van der Waals surface area contributed by atoms with Crippen molar-refractivity contribution >= 4 is 17.9 Å². The number of rotatable bonds is 53. The maximum Gasteiger partial charge on any atom is 0.306 e. The van der Waals surface area contributed by atoms with Crippen LogP contribution in [0.1, 0.15) is 316 Å². The molecule has 0 amide bonds. The molecule has 0 aromatic rings. The molecule has 0 saturated heterocycles. The summed E-state index contributed by atoms with van der Waals surface area (Å²) in [6.07, 6.45) is 63.0. The quantitative estimate of drug-likeness (QED) is 0.0262. The fraction of sp³-hybridized carbons (Fsp3) is 0.881. The molecule has 0 spiro atoms. The molecule has 6 heteroatoms. The fourth-order valence-corrected chi connectivity index (χ4v) is 8.59. The predicted molar refractivity (Wildman–Crippen MR) is 279 cm³/mol. The Labute approximate surface area is 404 Å². The van der Waals surface area contributed by atoms with Crippen LogP contribution in [-0.4, -0.2) is 37.2 Å². The van der Waals surface area contributed by atoms with Crippen LogP contribution in [-0.2, 0) is 28.6 Å². The van der Waals surface area contributed by atoms with E-state index in [9.17, 15) is 14.4 Å². The highest BCUT2D eigenvalue weighted by Crippen LogP contribution is 2.17. The molecule has 0 radical (unpaired) electrons. The first kappa shape index (κ1) is 62.9. The Balaban J connectivity index is 4.34. The predicted octanol–water partition coefficient (Wildman–Crippen LogP) is 19.1. The molecule has 0 fully saturated rings. The summed E-state index contributed by atoms with van der Waals surface area (Å²) in [6.45, 7) is 6.65. The number of allylic oxidation sites excluding steroid dienone is 4. The molecule has 0 bridgehead atoms. The summed E-state index contributed by atoms with van der Waals surface area (Å²) >= 11 is 0. The summed E-state index contributed by atoms with van der Waals surface area (Å²) in [5.74, 6) is -0.863. The Kier molecular flexibility index (Phi) is 52.7. The number of hydrogen-bond donors (Lipinski definition) is 0. The van der Waals surface area contributed by atoms with E-state index in [1.165, 1.54) is 199 Å². The topological polar surface area (TPSA) is 78.9 Å². The first-order valence-corrected chi connectivity index (χ1v) is 28.8. The maximum absolute atomic E-state index is 12.8. The highest BCUT2D eigenvalue weighted by molar-refractivity contribution is 5.71. The Bertz CT molecular complexity index is 1050. The van der Waals surface area contributed by atoms with Gasteiger partial charge in [0.25, 0.3) is 0 Å². The molecular formula is C59H110O6. The van der Waals surface area contributed by atoms with E-state index in [0.29, 0.717) is 19.3 Å². The summed E-state index contributed by atoms with van der Waals surface area (Å²) in [5.41, 5.74) is 0. The lowest BCUT2D eigenvalue weighted by Crippen LogP contribution is -2.30. The number of carbonyl (C=O) groups excluding carboxylic acids is 3. The minimum Gasteiger partial charge on any atom is -0.462 e. The zero-order chi connectivity index (χ0) is 47.2. The monoisotopic (exact) mass is 915 g/mol. The zero-order valence-electron chi connectivity index (χ0n) is 43.8. The second-order valence-corrected chi connectivity index (χ2v) is 19.6. The lowest BCUT2D eigenvalue weighted by Gasteiger charge is -2.18. The normalized spacial score (nSPS) is 12.1. The molecule has 0 aliphatic heterocycles. The van der Waals surface area contributed by atoms with E-state index >= 15 is 0 Å². The van der Waals surface area contributed by atoms with Crippen LogP contribution < -0.4 is 0 Å². The van der Waals surface area contributed by atoms with E-state index in [-0.39, 0.29) is 31.1 Å². The van der Waals surface area contributed by atoms with E-state index in [1.807, 2.05) is 0 Å². The number of unbranched alkanes of at least 4 members (excludes halogenated alkanes) is 38. The average molecular weight is 916 g/mol. The van der Waals surface area contributed by atoms with Crippen LogP contribution in [0.25, 0.3) is 0 Å². The van der Waals surface area contributed by atoms with Gasteiger partial charge < -0.3 is 14.2 Å². The summed E-state index contributed by atoms with van der Waals surface area (Å²) in [5, 5.41) is 0. The first-order chi connectivity index (χ1) is 32.0. The molecule has 0 heterocycles. The molecule has 0 aromatic carbocycles. The van der Waals surface area contributed by atoms with Crippen molar-refractivity contribution in [2.75, 3.05) is 13.2 Å². The summed E-state index contributed by atoms with van der Waals surface area (Å²) in [6, 6.07) is 0. The molecule has 0 rings (SSSR count). The van der Waals surface area contributed by atoms with Crippen LogP contribution in [0.15, 0.2) is 24.3 Å². The number of esters is 3. The lowest BCUT2D eigenvalue weighted by molar-refractivity contribution is -0.167. The Morgan fingerprint density at radius 3 is 0.877 bits per heavy atom. The van der Waals surface area contributed by atoms with Crippen molar-refractivity contribution in [1.82, 2.24) is 0 Å². The third-order valence-corrected chi connectivity index (χ3v) is 13.0. The van der Waals surface area contributed by atoms with Gasteiger partial charge in [-0.05, 0) is 51.4 Å². The van der Waals surface area contributed by atoms with Gasteiger partial charge in [0.1, 0.15) is 13.2 Å². The van der Waals surface area contributed by atoms with Gasteiger partial charge in [-0.15, -0.1) is 0 Å². The first-order valence-electron chi connectivity index (χ1n) is 28.8. The molecule has 6 nitrogen and oxygen atoms in total. The molecule has 65 heavy (non-hydrogen) atoms. The van der Waals surface area contributed by atoms with Crippen molar-refractivity contribution < 1.29 is 28.6 Å². The molecule has 0 saturated carbocycles. The molecule has 0 unspecified atom stereocenters. The van der Waals surface area contributed by atoms with Crippen molar-refractivity contribution in [2.24, 2.45) is 0 Å². The Morgan fingerprint density at radius 2 is 0.554 bits per heavy atom. The van der Waals surface area contributed by atoms with Crippen LogP contribution in [0.4, 0.5) is 0 Å². The molecule has 0 aliphatic rings.